The number of nitrogens with zero attached hydrogens (tertiary/aromatic N) is 2. The lowest BCUT2D eigenvalue weighted by atomic mass is 9.89. The molecule has 0 atom stereocenters. The van der Waals surface area contributed by atoms with Crippen molar-refractivity contribution in [3.8, 4) is 0 Å². The average Bonchev–Trinajstić information content (AvgIpc) is 2.53. The van der Waals surface area contributed by atoms with Crippen molar-refractivity contribution < 1.29 is 9.59 Å². The van der Waals surface area contributed by atoms with Crippen molar-refractivity contribution >= 4 is 11.8 Å². The zero-order valence-corrected chi connectivity index (χ0v) is 14.6. The van der Waals surface area contributed by atoms with Crippen molar-refractivity contribution in [1.29, 1.82) is 0 Å². The molecule has 0 radical (unpaired) electrons. The van der Waals surface area contributed by atoms with Gasteiger partial charge in [-0.1, -0.05) is 24.3 Å². The Kier molecular flexibility index (Phi) is 5.42. The van der Waals surface area contributed by atoms with Crippen LogP contribution in [0.25, 0.3) is 0 Å². The van der Waals surface area contributed by atoms with E-state index in [4.69, 9.17) is 0 Å². The highest BCUT2D eigenvalue weighted by atomic mass is 16.2. The fourth-order valence-corrected chi connectivity index (χ4v) is 2.71. The summed E-state index contributed by atoms with van der Waals surface area (Å²) < 4.78 is 0. The van der Waals surface area contributed by atoms with Gasteiger partial charge in [0.25, 0.3) is 0 Å². The topological polar surface area (TPSA) is 52.7 Å². The van der Waals surface area contributed by atoms with Gasteiger partial charge < -0.3 is 15.1 Å². The highest BCUT2D eigenvalue weighted by Crippen LogP contribution is 2.21. The molecule has 1 aromatic rings. The number of piperazine rings is 1. The molecular weight excluding hydrogens is 290 g/mol. The molecule has 23 heavy (non-hydrogen) atoms. The van der Waals surface area contributed by atoms with Crippen LogP contribution < -0.4 is 5.32 Å². The predicted molar refractivity (Wildman–Crippen MR) is 90.9 cm³/mol. The molecule has 0 aliphatic carbocycles. The Balaban J connectivity index is 1.96. The van der Waals surface area contributed by atoms with E-state index in [-0.39, 0.29) is 11.8 Å². The van der Waals surface area contributed by atoms with Gasteiger partial charge in [-0.25, -0.2) is 0 Å². The van der Waals surface area contributed by atoms with Crippen molar-refractivity contribution in [3.63, 3.8) is 0 Å². The highest BCUT2D eigenvalue weighted by molar-refractivity contribution is 6.04. The lowest BCUT2D eigenvalue weighted by Crippen LogP contribution is -2.54. The second kappa shape index (κ2) is 7.13. The van der Waals surface area contributed by atoms with Gasteiger partial charge in [-0.3, -0.25) is 9.59 Å². The lowest BCUT2D eigenvalue weighted by Gasteiger charge is -2.36. The van der Waals surface area contributed by atoms with Crippen molar-refractivity contribution in [1.82, 2.24) is 15.1 Å². The number of likely N-dealkylation sites (N-methyl/N-ethyl adjacent to an activating group) is 1. The first kappa shape index (κ1) is 17.5. The van der Waals surface area contributed by atoms with E-state index in [2.05, 4.69) is 10.2 Å². The molecule has 126 valence electrons. The van der Waals surface area contributed by atoms with Crippen LogP contribution in [-0.4, -0.2) is 54.8 Å². The molecule has 0 saturated carbocycles. The molecule has 0 bridgehead atoms. The minimum absolute atomic E-state index is 0.0899. The number of carbonyl (C=O) groups excluding carboxylic acids is 2. The molecule has 1 saturated heterocycles. The van der Waals surface area contributed by atoms with Crippen LogP contribution in [0, 0.1) is 12.3 Å². The van der Waals surface area contributed by atoms with E-state index in [1.54, 1.807) is 18.7 Å². The Morgan fingerprint density at radius 1 is 1.13 bits per heavy atom. The van der Waals surface area contributed by atoms with E-state index in [0.29, 0.717) is 19.6 Å². The summed E-state index contributed by atoms with van der Waals surface area (Å²) in [4.78, 5) is 29.2. The standard InChI is InChI=1S/C18H27N3O2/c1-14-7-5-6-8-15(14)13-19-16(22)18(2,3)17(23)21-11-9-20(4)10-12-21/h5-8H,9-13H2,1-4H3,(H,19,22). The summed E-state index contributed by atoms with van der Waals surface area (Å²) in [5.74, 6) is -0.308. The molecule has 0 unspecified atom stereocenters. The van der Waals surface area contributed by atoms with Crippen molar-refractivity contribution in [2.75, 3.05) is 33.2 Å². The predicted octanol–water partition coefficient (Wildman–Crippen LogP) is 1.41. The first-order chi connectivity index (χ1) is 10.8. The minimum Gasteiger partial charge on any atom is -0.351 e. The molecule has 5 nitrogen and oxygen atoms in total. The Morgan fingerprint density at radius 3 is 2.35 bits per heavy atom. The zero-order chi connectivity index (χ0) is 17.0. The maximum absolute atomic E-state index is 12.7. The number of amides is 2. The fraction of sp³-hybridized carbons (Fsp3) is 0.556. The number of aryl methyl sites for hydroxylation is 1. The number of benzene rings is 1. The molecule has 2 amide bonds. The molecule has 1 aromatic carbocycles. The molecular formula is C18H27N3O2. The van der Waals surface area contributed by atoms with E-state index in [9.17, 15) is 9.59 Å². The van der Waals surface area contributed by atoms with Gasteiger partial charge >= 0.3 is 0 Å². The third-order valence-corrected chi connectivity index (χ3v) is 4.59. The second-order valence-corrected chi connectivity index (χ2v) is 6.83. The molecule has 0 aromatic heterocycles. The fourth-order valence-electron chi connectivity index (χ4n) is 2.71. The summed E-state index contributed by atoms with van der Waals surface area (Å²) in [6.45, 7) is 8.96. The molecule has 1 aliphatic heterocycles. The molecule has 5 heteroatoms. The van der Waals surface area contributed by atoms with E-state index >= 15 is 0 Å². The molecule has 1 heterocycles. The smallest absolute Gasteiger partial charge is 0.237 e. The van der Waals surface area contributed by atoms with Crippen LogP contribution in [0.5, 0.6) is 0 Å². The van der Waals surface area contributed by atoms with Gasteiger partial charge in [-0.05, 0) is 38.9 Å². The van der Waals surface area contributed by atoms with Gasteiger partial charge in [0.2, 0.25) is 11.8 Å². The monoisotopic (exact) mass is 317 g/mol. The molecule has 1 aliphatic rings. The summed E-state index contributed by atoms with van der Waals surface area (Å²) in [7, 11) is 2.04. The number of rotatable bonds is 4. The van der Waals surface area contributed by atoms with Crippen molar-refractivity contribution in [2.24, 2.45) is 5.41 Å². The molecule has 2 rings (SSSR count). The number of hydrogen-bond donors (Lipinski definition) is 1. The lowest BCUT2D eigenvalue weighted by molar-refractivity contribution is -0.149. The quantitative estimate of drug-likeness (QED) is 0.854. The van der Waals surface area contributed by atoms with Gasteiger partial charge in [0.15, 0.2) is 0 Å². The van der Waals surface area contributed by atoms with E-state index in [1.807, 2.05) is 38.2 Å². The first-order valence-electron chi connectivity index (χ1n) is 8.13. The normalized spacial score (nSPS) is 16.3. The summed E-state index contributed by atoms with van der Waals surface area (Å²) in [5.41, 5.74) is 1.16. The van der Waals surface area contributed by atoms with Gasteiger partial charge in [-0.2, -0.15) is 0 Å². The van der Waals surface area contributed by atoms with Gasteiger partial charge in [-0.15, -0.1) is 0 Å². The first-order valence-corrected chi connectivity index (χ1v) is 8.13. The van der Waals surface area contributed by atoms with Crippen molar-refractivity contribution in [3.05, 3.63) is 35.4 Å². The van der Waals surface area contributed by atoms with Crippen LogP contribution in [0.3, 0.4) is 0 Å². The number of hydrogen-bond acceptors (Lipinski definition) is 3. The van der Waals surface area contributed by atoms with Crippen molar-refractivity contribution in [2.45, 2.75) is 27.3 Å². The van der Waals surface area contributed by atoms with Crippen LogP contribution in [0.2, 0.25) is 0 Å². The molecule has 1 fully saturated rings. The maximum Gasteiger partial charge on any atom is 0.237 e. The molecule has 1 N–H and O–H groups in total. The van der Waals surface area contributed by atoms with Crippen LogP contribution in [0.4, 0.5) is 0 Å². The maximum atomic E-state index is 12.7. The summed E-state index contributed by atoms with van der Waals surface area (Å²) >= 11 is 0. The van der Waals surface area contributed by atoms with Crippen LogP contribution in [0.15, 0.2) is 24.3 Å². The average molecular weight is 317 g/mol. The molecule has 0 spiro atoms. The van der Waals surface area contributed by atoms with E-state index in [0.717, 1.165) is 24.2 Å². The Hall–Kier alpha value is -1.88. The van der Waals surface area contributed by atoms with E-state index < -0.39 is 5.41 Å². The van der Waals surface area contributed by atoms with Gasteiger partial charge in [0, 0.05) is 32.7 Å². The second-order valence-electron chi connectivity index (χ2n) is 6.83. The zero-order valence-electron chi connectivity index (χ0n) is 14.6. The van der Waals surface area contributed by atoms with Crippen LogP contribution in [-0.2, 0) is 16.1 Å². The third-order valence-electron chi connectivity index (χ3n) is 4.59. The van der Waals surface area contributed by atoms with Crippen LogP contribution in [0.1, 0.15) is 25.0 Å². The van der Waals surface area contributed by atoms with Gasteiger partial charge in [0.1, 0.15) is 5.41 Å². The van der Waals surface area contributed by atoms with E-state index in [1.165, 1.54) is 0 Å². The summed E-state index contributed by atoms with van der Waals surface area (Å²) in [6.07, 6.45) is 0. The Morgan fingerprint density at radius 2 is 1.74 bits per heavy atom. The Bertz CT molecular complexity index is 575. The summed E-state index contributed by atoms with van der Waals surface area (Å²) in [5, 5.41) is 2.91. The number of carbonyl (C=O) groups is 2. The largest absolute Gasteiger partial charge is 0.351 e. The Labute approximate surface area is 138 Å². The SMILES string of the molecule is Cc1ccccc1CNC(=O)C(C)(C)C(=O)N1CCN(C)CC1. The van der Waals surface area contributed by atoms with Gasteiger partial charge in [0.05, 0.1) is 0 Å². The highest BCUT2D eigenvalue weighted by Gasteiger charge is 2.39. The minimum atomic E-state index is -1.04. The van der Waals surface area contributed by atoms with Crippen LogP contribution >= 0.6 is 0 Å². The third kappa shape index (κ3) is 4.10. The number of nitrogens with one attached hydrogen (secondary N) is 1. The summed E-state index contributed by atoms with van der Waals surface area (Å²) in [6, 6.07) is 7.93.